The molecule has 2 heterocycles. The number of anilines is 2. The van der Waals surface area contributed by atoms with Crippen molar-refractivity contribution in [1.82, 2.24) is 14.7 Å². The van der Waals surface area contributed by atoms with E-state index in [1.54, 1.807) is 42.6 Å². The summed E-state index contributed by atoms with van der Waals surface area (Å²) in [4.78, 5) is 9.39. The molecule has 1 aliphatic rings. The summed E-state index contributed by atoms with van der Waals surface area (Å²) in [6.07, 6.45) is 3.78. The molecule has 2 aromatic carbocycles. The van der Waals surface area contributed by atoms with Crippen LogP contribution in [0.1, 0.15) is 24.8 Å². The lowest BCUT2D eigenvalue weighted by atomic mass is 10.1. The highest BCUT2D eigenvalue weighted by molar-refractivity contribution is 7.83. The van der Waals surface area contributed by atoms with Gasteiger partial charge >= 0.3 is 0 Å². The SMILES string of the molecule is COc1cc(Nc2nccc(-c3ccc(OC4CCOCC4)c(C#N)c3)n2)ccc1S(=O)NCCCO. The van der Waals surface area contributed by atoms with Crippen LogP contribution >= 0.6 is 0 Å². The molecule has 1 saturated heterocycles. The van der Waals surface area contributed by atoms with Crippen molar-refractivity contribution in [1.29, 1.82) is 5.26 Å². The molecule has 0 radical (unpaired) electrons. The molecule has 4 rings (SSSR count). The number of ether oxygens (including phenoxy) is 3. The third kappa shape index (κ3) is 7.02. The van der Waals surface area contributed by atoms with Crippen LogP contribution in [0.5, 0.6) is 11.5 Å². The zero-order chi connectivity index (χ0) is 26.0. The number of hydrogen-bond acceptors (Lipinski definition) is 9. The van der Waals surface area contributed by atoms with E-state index >= 15 is 0 Å². The van der Waals surface area contributed by atoms with Gasteiger partial charge < -0.3 is 24.6 Å². The molecule has 0 aliphatic carbocycles. The monoisotopic (exact) mass is 523 g/mol. The van der Waals surface area contributed by atoms with Crippen LogP contribution in [-0.2, 0) is 15.7 Å². The predicted molar refractivity (Wildman–Crippen MR) is 139 cm³/mol. The van der Waals surface area contributed by atoms with Crippen molar-refractivity contribution in [3.8, 4) is 28.8 Å². The van der Waals surface area contributed by atoms with E-state index in [0.29, 0.717) is 65.5 Å². The number of benzene rings is 2. The highest BCUT2D eigenvalue weighted by Crippen LogP contribution is 2.29. The molecule has 11 heteroatoms. The Morgan fingerprint density at radius 3 is 2.78 bits per heavy atom. The Hall–Kier alpha value is -3.56. The van der Waals surface area contributed by atoms with Gasteiger partial charge in [-0.05, 0) is 42.8 Å². The van der Waals surface area contributed by atoms with E-state index in [2.05, 4.69) is 26.1 Å². The van der Waals surface area contributed by atoms with Gasteiger partial charge in [-0.2, -0.15) is 5.26 Å². The molecular formula is C26H29N5O5S. The second kappa shape index (κ2) is 13.1. The zero-order valence-corrected chi connectivity index (χ0v) is 21.3. The molecule has 0 saturated carbocycles. The standard InChI is InChI=1S/C26H29N5O5S/c1-34-24-16-20(4-6-25(24)37(33)29-10-2-12-32)30-26-28-11-7-22(31-26)18-3-5-23(19(15-18)17-27)36-21-8-13-35-14-9-21/h3-7,11,15-16,21,29,32H,2,8-10,12-14H2,1H3,(H,28,30,31). The molecule has 0 spiro atoms. The molecule has 1 fully saturated rings. The van der Waals surface area contributed by atoms with Crippen molar-refractivity contribution >= 4 is 22.6 Å². The molecule has 1 aliphatic heterocycles. The Kier molecular flexibility index (Phi) is 9.40. The number of aromatic nitrogens is 2. The second-order valence-corrected chi connectivity index (χ2v) is 9.51. The number of nitrogens with one attached hydrogen (secondary N) is 2. The smallest absolute Gasteiger partial charge is 0.227 e. The maximum absolute atomic E-state index is 12.5. The first-order chi connectivity index (χ1) is 18.1. The van der Waals surface area contributed by atoms with E-state index < -0.39 is 11.0 Å². The molecule has 0 bridgehead atoms. The lowest BCUT2D eigenvalue weighted by molar-refractivity contribution is 0.0254. The summed E-state index contributed by atoms with van der Waals surface area (Å²) in [5, 5.41) is 21.7. The fraction of sp³-hybridized carbons (Fsp3) is 0.346. The Labute approximate surface area is 218 Å². The first-order valence-electron chi connectivity index (χ1n) is 11.9. The first kappa shape index (κ1) is 26.5. The molecule has 10 nitrogen and oxygen atoms in total. The minimum atomic E-state index is -1.48. The number of methoxy groups -OCH3 is 1. The van der Waals surface area contributed by atoms with Crippen LogP contribution in [0.4, 0.5) is 11.6 Å². The van der Waals surface area contributed by atoms with Crippen molar-refractivity contribution in [2.45, 2.75) is 30.3 Å². The van der Waals surface area contributed by atoms with E-state index in [1.807, 2.05) is 6.07 Å². The number of rotatable bonds is 11. The van der Waals surface area contributed by atoms with E-state index in [9.17, 15) is 9.47 Å². The molecule has 0 amide bonds. The van der Waals surface area contributed by atoms with Crippen molar-refractivity contribution in [2.75, 3.05) is 38.8 Å². The number of aliphatic hydroxyl groups is 1. The molecule has 1 unspecified atom stereocenters. The Morgan fingerprint density at radius 2 is 2.03 bits per heavy atom. The maximum Gasteiger partial charge on any atom is 0.227 e. The van der Waals surface area contributed by atoms with Crippen LogP contribution in [-0.4, -0.2) is 58.9 Å². The van der Waals surface area contributed by atoms with Crippen LogP contribution in [0, 0.1) is 11.3 Å². The summed E-state index contributed by atoms with van der Waals surface area (Å²) < 4.78 is 32.2. The van der Waals surface area contributed by atoms with E-state index in [-0.39, 0.29) is 12.7 Å². The van der Waals surface area contributed by atoms with Crippen LogP contribution in [0.2, 0.25) is 0 Å². The van der Waals surface area contributed by atoms with Gasteiger partial charge in [0.05, 0.1) is 36.5 Å². The third-order valence-corrected chi connectivity index (χ3v) is 6.90. The summed E-state index contributed by atoms with van der Waals surface area (Å²) in [6, 6.07) is 14.6. The molecule has 3 aromatic rings. The lowest BCUT2D eigenvalue weighted by Crippen LogP contribution is -2.26. The van der Waals surface area contributed by atoms with Gasteiger partial charge in [0.1, 0.15) is 34.7 Å². The summed E-state index contributed by atoms with van der Waals surface area (Å²) >= 11 is 0. The number of nitriles is 1. The van der Waals surface area contributed by atoms with Gasteiger partial charge in [-0.1, -0.05) is 0 Å². The fourth-order valence-electron chi connectivity index (χ4n) is 3.78. The van der Waals surface area contributed by atoms with Gasteiger partial charge in [-0.25, -0.2) is 18.9 Å². The van der Waals surface area contributed by atoms with Crippen molar-refractivity contribution in [2.24, 2.45) is 0 Å². The van der Waals surface area contributed by atoms with Gasteiger partial charge in [0.2, 0.25) is 5.95 Å². The van der Waals surface area contributed by atoms with Gasteiger partial charge in [-0.15, -0.1) is 0 Å². The number of hydrogen-bond donors (Lipinski definition) is 3. The summed E-state index contributed by atoms with van der Waals surface area (Å²) in [5.74, 6) is 1.35. The number of nitrogens with zero attached hydrogens (tertiary/aromatic N) is 3. The predicted octanol–water partition coefficient (Wildman–Crippen LogP) is 3.32. The zero-order valence-electron chi connectivity index (χ0n) is 20.5. The van der Waals surface area contributed by atoms with Crippen LogP contribution in [0.3, 0.4) is 0 Å². The van der Waals surface area contributed by atoms with Crippen LogP contribution in [0.15, 0.2) is 53.6 Å². The maximum atomic E-state index is 12.5. The Balaban J connectivity index is 1.49. The van der Waals surface area contributed by atoms with E-state index in [4.69, 9.17) is 19.3 Å². The number of aliphatic hydroxyl groups excluding tert-OH is 1. The quantitative estimate of drug-likeness (QED) is 0.323. The van der Waals surface area contributed by atoms with Gasteiger partial charge in [0.15, 0.2) is 0 Å². The minimum absolute atomic E-state index is 0.0231. The largest absolute Gasteiger partial charge is 0.495 e. The fourth-order valence-corrected chi connectivity index (χ4v) is 4.78. The van der Waals surface area contributed by atoms with Crippen LogP contribution < -0.4 is 19.5 Å². The normalized spacial score (nSPS) is 14.5. The molecule has 37 heavy (non-hydrogen) atoms. The molecule has 1 atom stereocenters. The van der Waals surface area contributed by atoms with Crippen molar-refractivity contribution in [3.63, 3.8) is 0 Å². The minimum Gasteiger partial charge on any atom is -0.495 e. The molecule has 1 aromatic heterocycles. The first-order valence-corrected chi connectivity index (χ1v) is 13.1. The third-order valence-electron chi connectivity index (χ3n) is 5.70. The van der Waals surface area contributed by atoms with Gasteiger partial charge in [0.25, 0.3) is 0 Å². The summed E-state index contributed by atoms with van der Waals surface area (Å²) in [5.41, 5.74) is 2.50. The topological polar surface area (TPSA) is 139 Å². The molecule has 3 N–H and O–H groups in total. The highest BCUT2D eigenvalue weighted by atomic mass is 32.2. The highest BCUT2D eigenvalue weighted by Gasteiger charge is 2.18. The van der Waals surface area contributed by atoms with E-state index in [0.717, 1.165) is 18.4 Å². The average Bonchev–Trinajstić information content (AvgIpc) is 2.94. The molecule has 194 valence electrons. The van der Waals surface area contributed by atoms with Gasteiger partial charge in [-0.3, -0.25) is 0 Å². The Bertz CT molecular complexity index is 1280. The molecular weight excluding hydrogens is 494 g/mol. The second-order valence-electron chi connectivity index (χ2n) is 8.25. The van der Waals surface area contributed by atoms with Crippen molar-refractivity contribution < 1.29 is 23.5 Å². The average molecular weight is 524 g/mol. The Morgan fingerprint density at radius 1 is 1.19 bits per heavy atom. The lowest BCUT2D eigenvalue weighted by Gasteiger charge is -2.23. The van der Waals surface area contributed by atoms with Crippen LogP contribution in [0.25, 0.3) is 11.3 Å². The summed E-state index contributed by atoms with van der Waals surface area (Å²) in [7, 11) is 0.0311. The van der Waals surface area contributed by atoms with E-state index in [1.165, 1.54) is 7.11 Å². The summed E-state index contributed by atoms with van der Waals surface area (Å²) in [6.45, 7) is 1.77. The van der Waals surface area contributed by atoms with Gasteiger partial charge in [0, 0.05) is 49.5 Å². The van der Waals surface area contributed by atoms with Crippen molar-refractivity contribution in [3.05, 3.63) is 54.2 Å².